The van der Waals surface area contributed by atoms with Crippen LogP contribution < -0.4 is 14.2 Å². The Morgan fingerprint density at radius 3 is 2.00 bits per heavy atom. The molecule has 0 saturated carbocycles. The van der Waals surface area contributed by atoms with Gasteiger partial charge in [-0.15, -0.1) is 0 Å². The predicted molar refractivity (Wildman–Crippen MR) is 133 cm³/mol. The quantitative estimate of drug-likeness (QED) is 0.140. The first-order chi connectivity index (χ1) is 17.8. The molecule has 0 aliphatic carbocycles. The summed E-state index contributed by atoms with van der Waals surface area (Å²) in [6.07, 6.45) is 3.20. The Bertz CT molecular complexity index is 1250. The summed E-state index contributed by atoms with van der Waals surface area (Å²) in [4.78, 5) is 46.4. The smallest absolute Gasteiger partial charge is 0.390 e. The molecule has 2 aromatic carbocycles. The Morgan fingerprint density at radius 2 is 1.43 bits per heavy atom. The second-order valence-corrected chi connectivity index (χ2v) is 7.06. The van der Waals surface area contributed by atoms with Gasteiger partial charge in [0.05, 0.1) is 0 Å². The Hall–Kier alpha value is -5.10. The molecule has 0 aromatic heterocycles. The van der Waals surface area contributed by atoms with Crippen LogP contribution in [0.4, 0.5) is 0 Å². The van der Waals surface area contributed by atoms with E-state index >= 15 is 0 Å². The Balaban J connectivity index is 2.09. The zero-order chi connectivity index (χ0) is 27.2. The zero-order valence-electron chi connectivity index (χ0n) is 20.1. The van der Waals surface area contributed by atoms with Crippen LogP contribution in [0.3, 0.4) is 0 Å². The van der Waals surface area contributed by atoms with E-state index in [1.165, 1.54) is 24.3 Å². The Labute approximate surface area is 213 Å². The van der Waals surface area contributed by atoms with Gasteiger partial charge in [0.2, 0.25) is 13.6 Å². The average molecular weight is 504 g/mol. The summed E-state index contributed by atoms with van der Waals surface area (Å²) in [7, 11) is 0. The van der Waals surface area contributed by atoms with Crippen molar-refractivity contribution in [1.29, 1.82) is 0 Å². The van der Waals surface area contributed by atoms with E-state index in [0.29, 0.717) is 5.56 Å². The van der Waals surface area contributed by atoms with Gasteiger partial charge in [-0.1, -0.05) is 44.7 Å². The van der Waals surface area contributed by atoms with Gasteiger partial charge in [-0.05, 0) is 35.9 Å². The maximum absolute atomic E-state index is 12.2. The highest BCUT2D eigenvalue weighted by Gasteiger charge is 2.13. The van der Waals surface area contributed by atoms with Gasteiger partial charge in [-0.3, -0.25) is 4.79 Å². The number of hydrogen-bond acceptors (Lipinski definition) is 9. The maximum atomic E-state index is 12.2. The summed E-state index contributed by atoms with van der Waals surface area (Å²) < 4.78 is 25.5. The maximum Gasteiger partial charge on any atom is 0.390 e. The summed E-state index contributed by atoms with van der Waals surface area (Å²) in [6, 6.07) is 11.0. The zero-order valence-corrected chi connectivity index (χ0v) is 20.1. The van der Waals surface area contributed by atoms with E-state index < -0.39 is 31.5 Å². The van der Waals surface area contributed by atoms with Crippen LogP contribution in [-0.4, -0.2) is 37.3 Å². The van der Waals surface area contributed by atoms with Crippen molar-refractivity contribution >= 4 is 23.7 Å². The number of allylic oxidation sites excluding steroid dienone is 1. The molecule has 0 bridgehead atoms. The minimum Gasteiger partial charge on any atom is -0.453 e. The number of ketones is 1. The number of carbonyl (C=O) groups excluding carboxylic acids is 4. The summed E-state index contributed by atoms with van der Waals surface area (Å²) in [5.74, 6) is 2.58. The van der Waals surface area contributed by atoms with Crippen LogP contribution in [0.25, 0.3) is 0 Å². The summed E-state index contributed by atoms with van der Waals surface area (Å²) in [5, 5.41) is 0. The van der Waals surface area contributed by atoms with E-state index in [0.717, 1.165) is 17.7 Å². The molecule has 9 nitrogen and oxygen atoms in total. The standard InChI is InChI=1S/C28H24O9/c1-5-23(29)19(4)21-11-8-20(9-12-21)10-15-28(32)37-22-13-14-24(33-17-35-26(30)6-2)25(16-22)34-18-36-27(31)7-3/h5-9,11-14,16,19H,1-3,17-18H2,4H3. The third-order valence-corrected chi connectivity index (χ3v) is 4.64. The van der Waals surface area contributed by atoms with Crippen LogP contribution in [0.1, 0.15) is 24.0 Å². The predicted octanol–water partition coefficient (Wildman–Crippen LogP) is 3.63. The van der Waals surface area contributed by atoms with Crippen LogP contribution >= 0.6 is 0 Å². The fraction of sp³-hybridized carbons (Fsp3) is 0.143. The van der Waals surface area contributed by atoms with Crippen molar-refractivity contribution in [3.05, 3.63) is 91.6 Å². The molecule has 0 aliphatic rings. The van der Waals surface area contributed by atoms with Crippen molar-refractivity contribution in [2.24, 2.45) is 0 Å². The molecular formula is C28H24O9. The summed E-state index contributed by atoms with van der Waals surface area (Å²) in [5.41, 5.74) is 1.34. The highest BCUT2D eigenvalue weighted by molar-refractivity contribution is 5.94. The Kier molecular flexibility index (Phi) is 10.9. The number of hydrogen-bond donors (Lipinski definition) is 0. The van der Waals surface area contributed by atoms with Gasteiger partial charge in [-0.2, -0.15) is 0 Å². The van der Waals surface area contributed by atoms with Crippen LogP contribution in [0.2, 0.25) is 0 Å². The molecule has 0 aliphatic heterocycles. The molecule has 0 fully saturated rings. The van der Waals surface area contributed by atoms with Crippen molar-refractivity contribution in [3.8, 4) is 29.1 Å². The molecule has 0 amide bonds. The second kappa shape index (κ2) is 14.3. The molecule has 0 radical (unpaired) electrons. The molecule has 2 rings (SSSR count). The molecule has 1 unspecified atom stereocenters. The Morgan fingerprint density at radius 1 is 0.838 bits per heavy atom. The number of esters is 3. The van der Waals surface area contributed by atoms with Gasteiger partial charge in [0.1, 0.15) is 5.75 Å². The van der Waals surface area contributed by atoms with Crippen LogP contribution in [0.5, 0.6) is 17.2 Å². The van der Waals surface area contributed by atoms with Crippen LogP contribution in [0, 0.1) is 11.8 Å². The van der Waals surface area contributed by atoms with Crippen molar-refractivity contribution in [1.82, 2.24) is 0 Å². The lowest BCUT2D eigenvalue weighted by molar-refractivity contribution is -0.146. The lowest BCUT2D eigenvalue weighted by Gasteiger charge is -2.13. The molecule has 0 spiro atoms. The normalized spacial score (nSPS) is 10.4. The highest BCUT2D eigenvalue weighted by Crippen LogP contribution is 2.32. The third-order valence-electron chi connectivity index (χ3n) is 4.64. The van der Waals surface area contributed by atoms with E-state index in [-0.39, 0.29) is 28.9 Å². The SMILES string of the molecule is C=CC(=O)OCOc1ccc(OC(=O)C#Cc2ccc(C(C)C(=O)C=C)cc2)cc1OCOC(=O)C=C. The number of carbonyl (C=O) groups is 4. The van der Waals surface area contributed by atoms with Gasteiger partial charge in [-0.25, -0.2) is 14.4 Å². The van der Waals surface area contributed by atoms with E-state index in [1.807, 2.05) is 0 Å². The van der Waals surface area contributed by atoms with Gasteiger partial charge in [0.15, 0.2) is 17.3 Å². The van der Waals surface area contributed by atoms with Gasteiger partial charge < -0.3 is 23.7 Å². The van der Waals surface area contributed by atoms with Crippen molar-refractivity contribution in [3.63, 3.8) is 0 Å². The minimum atomic E-state index is -0.850. The fourth-order valence-corrected chi connectivity index (χ4v) is 2.66. The molecule has 0 heterocycles. The first-order valence-electron chi connectivity index (χ1n) is 10.8. The van der Waals surface area contributed by atoms with Crippen molar-refractivity contribution in [2.45, 2.75) is 12.8 Å². The van der Waals surface area contributed by atoms with Gasteiger partial charge in [0.25, 0.3) is 0 Å². The molecule has 2 aromatic rings. The monoisotopic (exact) mass is 504 g/mol. The molecule has 0 saturated heterocycles. The van der Waals surface area contributed by atoms with E-state index in [9.17, 15) is 19.2 Å². The molecule has 190 valence electrons. The molecule has 1 atom stereocenters. The van der Waals surface area contributed by atoms with E-state index in [1.54, 1.807) is 31.2 Å². The molecule has 37 heavy (non-hydrogen) atoms. The van der Waals surface area contributed by atoms with E-state index in [2.05, 4.69) is 31.6 Å². The van der Waals surface area contributed by atoms with E-state index in [4.69, 9.17) is 23.7 Å². The summed E-state index contributed by atoms with van der Waals surface area (Å²) in [6.45, 7) is 10.9. The molecular weight excluding hydrogens is 480 g/mol. The first kappa shape index (κ1) is 28.1. The third kappa shape index (κ3) is 9.22. The largest absolute Gasteiger partial charge is 0.453 e. The number of benzene rings is 2. The molecule has 0 N–H and O–H groups in total. The molecule has 9 heteroatoms. The first-order valence-corrected chi connectivity index (χ1v) is 10.8. The summed E-state index contributed by atoms with van der Waals surface area (Å²) >= 11 is 0. The lowest BCUT2D eigenvalue weighted by atomic mass is 9.96. The van der Waals surface area contributed by atoms with Crippen molar-refractivity contribution < 1.29 is 42.9 Å². The number of rotatable bonds is 12. The van der Waals surface area contributed by atoms with Crippen molar-refractivity contribution in [2.75, 3.05) is 13.6 Å². The second-order valence-electron chi connectivity index (χ2n) is 7.06. The van der Waals surface area contributed by atoms with Gasteiger partial charge in [0, 0.05) is 35.6 Å². The van der Waals surface area contributed by atoms with Gasteiger partial charge >= 0.3 is 17.9 Å². The number of ether oxygens (including phenoxy) is 5. The van der Waals surface area contributed by atoms with Crippen LogP contribution in [0.15, 0.2) is 80.4 Å². The van der Waals surface area contributed by atoms with Crippen LogP contribution in [-0.2, 0) is 28.7 Å². The highest BCUT2D eigenvalue weighted by atomic mass is 16.7. The topological polar surface area (TPSA) is 114 Å². The lowest BCUT2D eigenvalue weighted by Crippen LogP contribution is -2.11. The fourth-order valence-electron chi connectivity index (χ4n) is 2.66. The minimum absolute atomic E-state index is 0.0311. The average Bonchev–Trinajstić information content (AvgIpc) is 2.92.